The molecule has 1 heterocycles. The van der Waals surface area contributed by atoms with Crippen LogP contribution in [0.5, 0.6) is 0 Å². The molecule has 4 nitrogen and oxygen atoms in total. The Labute approximate surface area is 148 Å². The molecule has 1 aliphatic heterocycles. The fourth-order valence-electron chi connectivity index (χ4n) is 2.89. The van der Waals surface area contributed by atoms with Gasteiger partial charge in [0.2, 0.25) is 0 Å². The first-order chi connectivity index (χ1) is 12.1. The maximum absolute atomic E-state index is 12.1. The van der Waals surface area contributed by atoms with E-state index in [1.165, 1.54) is 0 Å². The molecular formula is C21H24O4. The molecule has 132 valence electrons. The van der Waals surface area contributed by atoms with Crippen molar-refractivity contribution < 1.29 is 19.0 Å². The smallest absolute Gasteiger partial charge is 0.187 e. The van der Waals surface area contributed by atoms with Crippen molar-refractivity contribution >= 4 is 5.78 Å². The van der Waals surface area contributed by atoms with Crippen molar-refractivity contribution in [3.8, 4) is 0 Å². The lowest BCUT2D eigenvalue weighted by Gasteiger charge is -2.37. The zero-order valence-corrected chi connectivity index (χ0v) is 14.5. The molecule has 3 rings (SSSR count). The van der Waals surface area contributed by atoms with Crippen LogP contribution in [-0.4, -0.2) is 30.7 Å². The third kappa shape index (κ3) is 5.23. The molecule has 2 atom stereocenters. The molecule has 0 saturated carbocycles. The lowest BCUT2D eigenvalue weighted by Crippen LogP contribution is -2.48. The summed E-state index contributed by atoms with van der Waals surface area (Å²) in [6.07, 6.45) is 0.0623. The minimum atomic E-state index is -0.510. The summed E-state index contributed by atoms with van der Waals surface area (Å²) in [5.41, 5.74) is 1.67. The van der Waals surface area contributed by atoms with Crippen LogP contribution < -0.4 is 0 Å². The average Bonchev–Trinajstić information content (AvgIpc) is 2.64. The molecule has 0 N–H and O–H groups in total. The van der Waals surface area contributed by atoms with Crippen molar-refractivity contribution in [2.75, 3.05) is 13.2 Å². The topological polar surface area (TPSA) is 44.8 Å². The molecule has 0 radical (unpaired) electrons. The van der Waals surface area contributed by atoms with Gasteiger partial charge in [-0.15, -0.1) is 0 Å². The fraction of sp³-hybridized carbons (Fsp3) is 0.381. The van der Waals surface area contributed by atoms with E-state index >= 15 is 0 Å². The maximum Gasteiger partial charge on any atom is 0.187 e. The molecule has 0 aromatic heterocycles. The number of ketones is 1. The average molecular weight is 340 g/mol. The van der Waals surface area contributed by atoms with Crippen LogP contribution in [0.3, 0.4) is 0 Å². The number of hydrogen-bond donors (Lipinski definition) is 0. The van der Waals surface area contributed by atoms with Crippen LogP contribution in [0.2, 0.25) is 0 Å². The van der Waals surface area contributed by atoms with E-state index in [-0.39, 0.29) is 12.4 Å². The summed E-state index contributed by atoms with van der Waals surface area (Å²) in [5, 5.41) is 0. The summed E-state index contributed by atoms with van der Waals surface area (Å²) in [4.78, 5) is 12.1. The van der Waals surface area contributed by atoms with Crippen LogP contribution in [0.25, 0.3) is 0 Å². The van der Waals surface area contributed by atoms with E-state index in [0.717, 1.165) is 11.1 Å². The predicted octanol–water partition coefficient (Wildman–Crippen LogP) is 3.54. The van der Waals surface area contributed by atoms with E-state index in [0.29, 0.717) is 26.2 Å². The van der Waals surface area contributed by atoms with Crippen LogP contribution >= 0.6 is 0 Å². The van der Waals surface area contributed by atoms with E-state index in [1.54, 1.807) is 0 Å². The van der Waals surface area contributed by atoms with E-state index < -0.39 is 11.7 Å². The molecule has 0 spiro atoms. The van der Waals surface area contributed by atoms with Gasteiger partial charge < -0.3 is 14.2 Å². The highest BCUT2D eigenvalue weighted by Crippen LogP contribution is 2.26. The molecule has 0 bridgehead atoms. The van der Waals surface area contributed by atoms with Gasteiger partial charge in [-0.25, -0.2) is 0 Å². The number of hydrogen-bond acceptors (Lipinski definition) is 4. The number of carbonyl (C=O) groups is 1. The van der Waals surface area contributed by atoms with Gasteiger partial charge in [-0.3, -0.25) is 4.79 Å². The molecule has 2 aromatic rings. The predicted molar refractivity (Wildman–Crippen MR) is 95.1 cm³/mol. The van der Waals surface area contributed by atoms with Gasteiger partial charge in [-0.2, -0.15) is 0 Å². The molecule has 0 amide bonds. The Hall–Kier alpha value is -2.01. The second kappa shape index (κ2) is 8.39. The Balaban J connectivity index is 1.50. The van der Waals surface area contributed by atoms with Crippen LogP contribution in [-0.2, 0) is 32.2 Å². The third-order valence-electron chi connectivity index (χ3n) is 4.35. The van der Waals surface area contributed by atoms with Gasteiger partial charge in [-0.05, 0) is 18.1 Å². The monoisotopic (exact) mass is 340 g/mol. The maximum atomic E-state index is 12.1. The second-order valence-corrected chi connectivity index (χ2v) is 6.67. The number of rotatable bonds is 7. The second-order valence-electron chi connectivity index (χ2n) is 6.67. The largest absolute Gasteiger partial charge is 0.374 e. The molecule has 0 unspecified atom stereocenters. The number of carbonyl (C=O) groups excluding carboxylic acids is 1. The molecule has 0 aliphatic carbocycles. The number of benzene rings is 2. The Bertz CT molecular complexity index is 671. The summed E-state index contributed by atoms with van der Waals surface area (Å²) in [6.45, 7) is 3.44. The zero-order valence-electron chi connectivity index (χ0n) is 14.5. The van der Waals surface area contributed by atoms with Crippen molar-refractivity contribution in [3.05, 3.63) is 71.8 Å². The van der Waals surface area contributed by atoms with Crippen molar-refractivity contribution in [3.63, 3.8) is 0 Å². The summed E-state index contributed by atoms with van der Waals surface area (Å²) >= 11 is 0. The van der Waals surface area contributed by atoms with Gasteiger partial charge >= 0.3 is 0 Å². The number of Topliss-reactive ketones (excluding diaryl/α,β-unsaturated/α-hetero) is 1. The lowest BCUT2D eigenvalue weighted by atomic mass is 9.93. The summed E-state index contributed by atoms with van der Waals surface area (Å²) in [5.74, 6) is -0.00327. The Morgan fingerprint density at radius 1 is 1.00 bits per heavy atom. The number of ether oxygens (including phenoxy) is 3. The van der Waals surface area contributed by atoms with Crippen molar-refractivity contribution in [2.24, 2.45) is 0 Å². The standard InChI is InChI=1S/C21H24O4/c1-21(16-23-13-17-8-4-2-5-9-17)12-20(19(22)15-25-21)24-14-18-10-6-3-7-11-18/h2-11,20H,12-16H2,1H3/t20-,21+/m0/s1. The quantitative estimate of drug-likeness (QED) is 0.773. The van der Waals surface area contributed by atoms with Crippen LogP contribution in [0.4, 0.5) is 0 Å². The van der Waals surface area contributed by atoms with Crippen molar-refractivity contribution in [1.29, 1.82) is 0 Å². The first-order valence-corrected chi connectivity index (χ1v) is 8.58. The van der Waals surface area contributed by atoms with Crippen LogP contribution in [0.15, 0.2) is 60.7 Å². The summed E-state index contributed by atoms with van der Waals surface area (Å²) < 4.78 is 17.4. The molecule has 2 aromatic carbocycles. The third-order valence-corrected chi connectivity index (χ3v) is 4.35. The summed E-state index contributed by atoms with van der Waals surface area (Å²) in [7, 11) is 0. The highest BCUT2D eigenvalue weighted by molar-refractivity contribution is 5.85. The SMILES string of the molecule is C[C@]1(COCc2ccccc2)C[C@H](OCc2ccccc2)C(=O)CO1. The van der Waals surface area contributed by atoms with Gasteiger partial charge in [0.1, 0.15) is 12.7 Å². The van der Waals surface area contributed by atoms with Gasteiger partial charge in [-0.1, -0.05) is 60.7 Å². The van der Waals surface area contributed by atoms with Gasteiger partial charge in [0.25, 0.3) is 0 Å². The first kappa shape index (κ1) is 17.8. The highest BCUT2D eigenvalue weighted by Gasteiger charge is 2.38. The molecule has 1 saturated heterocycles. The molecule has 4 heteroatoms. The minimum absolute atomic E-state index is 0.00327. The van der Waals surface area contributed by atoms with Crippen LogP contribution in [0, 0.1) is 0 Å². The minimum Gasteiger partial charge on any atom is -0.374 e. The van der Waals surface area contributed by atoms with Crippen molar-refractivity contribution in [1.82, 2.24) is 0 Å². The van der Waals surface area contributed by atoms with Gasteiger partial charge in [0, 0.05) is 6.42 Å². The van der Waals surface area contributed by atoms with E-state index in [4.69, 9.17) is 14.2 Å². The van der Waals surface area contributed by atoms with E-state index in [9.17, 15) is 4.79 Å². The highest BCUT2D eigenvalue weighted by atomic mass is 16.6. The summed E-state index contributed by atoms with van der Waals surface area (Å²) in [6, 6.07) is 19.9. The van der Waals surface area contributed by atoms with Crippen LogP contribution in [0.1, 0.15) is 24.5 Å². The fourth-order valence-corrected chi connectivity index (χ4v) is 2.89. The lowest BCUT2D eigenvalue weighted by molar-refractivity contribution is -0.174. The van der Waals surface area contributed by atoms with Crippen molar-refractivity contribution in [2.45, 2.75) is 38.3 Å². The Morgan fingerprint density at radius 3 is 2.24 bits per heavy atom. The zero-order chi connectivity index (χ0) is 17.5. The normalized spacial score (nSPS) is 23.6. The Morgan fingerprint density at radius 2 is 1.60 bits per heavy atom. The first-order valence-electron chi connectivity index (χ1n) is 8.58. The van der Waals surface area contributed by atoms with Gasteiger partial charge in [0.05, 0.1) is 25.4 Å². The Kier molecular flexibility index (Phi) is 5.97. The molecular weight excluding hydrogens is 316 g/mol. The molecule has 25 heavy (non-hydrogen) atoms. The van der Waals surface area contributed by atoms with Gasteiger partial charge in [0.15, 0.2) is 5.78 Å². The van der Waals surface area contributed by atoms with E-state index in [2.05, 4.69) is 0 Å². The van der Waals surface area contributed by atoms with E-state index in [1.807, 2.05) is 67.6 Å². The molecule has 1 fully saturated rings. The molecule has 1 aliphatic rings.